The fourth-order valence-electron chi connectivity index (χ4n) is 5.58. The summed E-state index contributed by atoms with van der Waals surface area (Å²) in [6.07, 6.45) is 0.847. The molecule has 0 spiro atoms. The third-order valence-electron chi connectivity index (χ3n) is 7.41. The summed E-state index contributed by atoms with van der Waals surface area (Å²) in [6.45, 7) is 3.51. The van der Waals surface area contributed by atoms with E-state index in [9.17, 15) is 19.5 Å². The van der Waals surface area contributed by atoms with Crippen molar-refractivity contribution in [2.24, 2.45) is 23.7 Å². The minimum absolute atomic E-state index is 0.0108. The zero-order valence-corrected chi connectivity index (χ0v) is 19.3. The lowest BCUT2D eigenvalue weighted by Gasteiger charge is -2.35. The number of alkyl carbamates (subject to hydrolysis) is 1. The van der Waals surface area contributed by atoms with Crippen LogP contribution in [0.25, 0.3) is 11.1 Å². The van der Waals surface area contributed by atoms with Gasteiger partial charge in [-0.2, -0.15) is 0 Å². The van der Waals surface area contributed by atoms with Crippen molar-refractivity contribution in [3.8, 4) is 11.1 Å². The molecule has 34 heavy (non-hydrogen) atoms. The molecule has 7 heteroatoms. The van der Waals surface area contributed by atoms with Gasteiger partial charge in [0, 0.05) is 31.5 Å². The van der Waals surface area contributed by atoms with Crippen LogP contribution >= 0.6 is 0 Å². The number of carbonyl (C=O) groups is 3. The number of amides is 2. The Labute approximate surface area is 199 Å². The lowest BCUT2D eigenvalue weighted by molar-refractivity contribution is -0.147. The van der Waals surface area contributed by atoms with Crippen LogP contribution in [0.3, 0.4) is 0 Å². The van der Waals surface area contributed by atoms with E-state index in [1.165, 1.54) is 22.3 Å². The molecule has 2 N–H and O–H groups in total. The van der Waals surface area contributed by atoms with E-state index in [1.807, 2.05) is 31.2 Å². The van der Waals surface area contributed by atoms with Crippen LogP contribution in [0.5, 0.6) is 0 Å². The van der Waals surface area contributed by atoms with Gasteiger partial charge in [0.1, 0.15) is 6.61 Å². The number of nitrogens with one attached hydrogen (secondary N) is 1. The zero-order chi connectivity index (χ0) is 23.8. The third-order valence-corrected chi connectivity index (χ3v) is 7.41. The Bertz CT molecular complexity index is 1070. The standard InChI is InChI=1S/C27H30N2O5/c1-16-10-18(26(31)32)14-29(13-16)25(30)23-11-17(23)12-28-27(33)34-15-24-21-8-4-2-6-19(21)20-7-3-5-9-22(20)24/h2-9,16-18,23-24H,10-15H2,1H3,(H,28,33)(H,31,32). The molecule has 0 aromatic heterocycles. The molecule has 0 radical (unpaired) electrons. The van der Waals surface area contributed by atoms with Gasteiger partial charge in [-0.05, 0) is 46.9 Å². The largest absolute Gasteiger partial charge is 0.481 e. The van der Waals surface area contributed by atoms with Gasteiger partial charge in [-0.15, -0.1) is 0 Å². The fourth-order valence-corrected chi connectivity index (χ4v) is 5.58. The van der Waals surface area contributed by atoms with E-state index in [-0.39, 0.29) is 42.7 Å². The van der Waals surface area contributed by atoms with Gasteiger partial charge in [-0.25, -0.2) is 4.79 Å². The van der Waals surface area contributed by atoms with Gasteiger partial charge < -0.3 is 20.1 Å². The fraction of sp³-hybridized carbons (Fsp3) is 0.444. The summed E-state index contributed by atoms with van der Waals surface area (Å²) in [6, 6.07) is 16.4. The molecule has 2 aliphatic carbocycles. The minimum Gasteiger partial charge on any atom is -0.481 e. The second kappa shape index (κ2) is 9.12. The molecule has 1 aliphatic heterocycles. The highest BCUT2D eigenvalue weighted by Crippen LogP contribution is 2.44. The number of carboxylic acid groups (broad SMARTS) is 1. The molecule has 178 valence electrons. The molecule has 2 aromatic carbocycles. The molecule has 2 fully saturated rings. The van der Waals surface area contributed by atoms with Gasteiger partial charge in [0.2, 0.25) is 5.91 Å². The predicted octanol–water partition coefficient (Wildman–Crippen LogP) is 3.73. The molecule has 2 amide bonds. The number of hydrogen-bond donors (Lipinski definition) is 2. The van der Waals surface area contributed by atoms with Crippen molar-refractivity contribution in [3.63, 3.8) is 0 Å². The summed E-state index contributed by atoms with van der Waals surface area (Å²) < 4.78 is 5.57. The number of fused-ring (bicyclic) bond motifs is 3. The smallest absolute Gasteiger partial charge is 0.407 e. The molecule has 7 nitrogen and oxygen atoms in total. The van der Waals surface area contributed by atoms with Gasteiger partial charge in [0.15, 0.2) is 0 Å². The maximum Gasteiger partial charge on any atom is 0.407 e. The van der Waals surface area contributed by atoms with Gasteiger partial charge in [0.05, 0.1) is 5.92 Å². The monoisotopic (exact) mass is 462 g/mol. The van der Waals surface area contributed by atoms with E-state index in [2.05, 4.69) is 29.6 Å². The van der Waals surface area contributed by atoms with Crippen LogP contribution in [0.15, 0.2) is 48.5 Å². The average Bonchev–Trinajstić information content (AvgIpc) is 3.55. The van der Waals surface area contributed by atoms with Gasteiger partial charge >= 0.3 is 12.1 Å². The molecule has 1 saturated heterocycles. The quantitative estimate of drug-likeness (QED) is 0.682. The van der Waals surface area contributed by atoms with Gasteiger partial charge in [-0.3, -0.25) is 9.59 Å². The van der Waals surface area contributed by atoms with Crippen LogP contribution in [-0.4, -0.2) is 54.2 Å². The maximum absolute atomic E-state index is 12.9. The summed E-state index contributed by atoms with van der Waals surface area (Å²) >= 11 is 0. The van der Waals surface area contributed by atoms with E-state index >= 15 is 0 Å². The molecular formula is C27H30N2O5. The van der Waals surface area contributed by atoms with Crippen molar-refractivity contribution in [2.45, 2.75) is 25.7 Å². The molecular weight excluding hydrogens is 432 g/mol. The number of benzene rings is 2. The predicted molar refractivity (Wildman–Crippen MR) is 126 cm³/mol. The number of rotatable bonds is 6. The van der Waals surface area contributed by atoms with E-state index in [0.29, 0.717) is 25.9 Å². The first kappa shape index (κ1) is 22.4. The highest BCUT2D eigenvalue weighted by molar-refractivity contribution is 5.83. The zero-order valence-electron chi connectivity index (χ0n) is 19.3. The van der Waals surface area contributed by atoms with Gasteiger partial charge in [0.25, 0.3) is 0 Å². The average molecular weight is 463 g/mol. The summed E-state index contributed by atoms with van der Waals surface area (Å²) in [4.78, 5) is 38.3. The van der Waals surface area contributed by atoms with E-state index in [4.69, 9.17) is 4.74 Å². The Morgan fingerprint density at radius 3 is 2.29 bits per heavy atom. The number of piperidine rings is 1. The Hall–Kier alpha value is -3.35. The van der Waals surface area contributed by atoms with Crippen LogP contribution in [0.2, 0.25) is 0 Å². The Balaban J connectivity index is 1.11. The van der Waals surface area contributed by atoms with Gasteiger partial charge in [-0.1, -0.05) is 55.5 Å². The molecule has 4 atom stereocenters. The first-order valence-electron chi connectivity index (χ1n) is 12.0. The maximum atomic E-state index is 12.9. The van der Waals surface area contributed by atoms with Crippen molar-refractivity contribution in [3.05, 3.63) is 59.7 Å². The minimum atomic E-state index is -0.839. The Morgan fingerprint density at radius 1 is 1.00 bits per heavy atom. The lowest BCUT2D eigenvalue weighted by atomic mass is 9.90. The Kier molecular flexibility index (Phi) is 6.02. The van der Waals surface area contributed by atoms with Crippen LogP contribution in [0, 0.1) is 23.7 Å². The van der Waals surface area contributed by atoms with Crippen molar-refractivity contribution in [1.82, 2.24) is 10.2 Å². The summed E-state index contributed by atoms with van der Waals surface area (Å²) in [5.41, 5.74) is 4.70. The molecule has 0 bridgehead atoms. The number of nitrogens with zero attached hydrogens (tertiary/aromatic N) is 1. The van der Waals surface area contributed by atoms with Crippen molar-refractivity contribution < 1.29 is 24.2 Å². The third kappa shape index (κ3) is 4.39. The SMILES string of the molecule is CC1CC(C(=O)O)CN(C(=O)C2CC2CNC(=O)OCC2c3ccccc3-c3ccccc32)C1. The number of hydrogen-bond acceptors (Lipinski definition) is 4. The highest BCUT2D eigenvalue weighted by Gasteiger charge is 2.46. The van der Waals surface area contributed by atoms with Crippen LogP contribution in [0.4, 0.5) is 4.79 Å². The second-order valence-corrected chi connectivity index (χ2v) is 9.93. The molecule has 4 unspecified atom stereocenters. The van der Waals surface area contributed by atoms with Crippen LogP contribution in [0.1, 0.15) is 36.8 Å². The molecule has 3 aliphatic rings. The first-order chi connectivity index (χ1) is 16.4. The van der Waals surface area contributed by atoms with Crippen molar-refractivity contribution in [2.75, 3.05) is 26.2 Å². The van der Waals surface area contributed by atoms with Crippen LogP contribution in [-0.2, 0) is 14.3 Å². The summed E-state index contributed by atoms with van der Waals surface area (Å²) in [5.74, 6) is -1.21. The first-order valence-corrected chi connectivity index (χ1v) is 12.0. The molecule has 1 heterocycles. The number of carboxylic acids is 1. The number of likely N-dealkylation sites (tertiary alicyclic amines) is 1. The second-order valence-electron chi connectivity index (χ2n) is 9.93. The summed E-state index contributed by atoms with van der Waals surface area (Å²) in [7, 11) is 0. The van der Waals surface area contributed by atoms with Crippen molar-refractivity contribution >= 4 is 18.0 Å². The topological polar surface area (TPSA) is 95.9 Å². The number of carbonyl (C=O) groups excluding carboxylic acids is 2. The lowest BCUT2D eigenvalue weighted by Crippen LogP contribution is -2.46. The van der Waals surface area contributed by atoms with Crippen molar-refractivity contribution in [1.29, 1.82) is 0 Å². The number of ether oxygens (including phenoxy) is 1. The molecule has 1 saturated carbocycles. The number of aliphatic carboxylic acids is 1. The molecule has 5 rings (SSSR count). The van der Waals surface area contributed by atoms with Crippen LogP contribution < -0.4 is 5.32 Å². The van der Waals surface area contributed by atoms with E-state index in [0.717, 1.165) is 0 Å². The molecule has 2 aromatic rings. The highest BCUT2D eigenvalue weighted by atomic mass is 16.5. The summed E-state index contributed by atoms with van der Waals surface area (Å²) in [5, 5.41) is 12.2. The Morgan fingerprint density at radius 2 is 1.65 bits per heavy atom. The van der Waals surface area contributed by atoms with E-state index < -0.39 is 18.0 Å². The van der Waals surface area contributed by atoms with E-state index in [1.54, 1.807) is 4.90 Å². The normalized spacial score (nSPS) is 25.3.